The first-order valence-electron chi connectivity index (χ1n) is 4.05. The summed E-state index contributed by atoms with van der Waals surface area (Å²) in [7, 11) is 0. The van der Waals surface area contributed by atoms with Crippen LogP contribution in [-0.4, -0.2) is 8.75 Å². The maximum atomic E-state index is 5.38. The lowest BCUT2D eigenvalue weighted by Crippen LogP contribution is -2.28. The summed E-state index contributed by atoms with van der Waals surface area (Å²) >= 11 is 1.19. The number of unbranched alkanes of at least 4 members (excludes halogenated alkanes) is 1. The monoisotopic (exact) mass is 196 g/mol. The Morgan fingerprint density at radius 1 is 1.77 bits per heavy atom. The third kappa shape index (κ3) is 3.11. The molecule has 0 spiro atoms. The highest BCUT2D eigenvalue weighted by atomic mass is 32.1. The predicted molar refractivity (Wildman–Crippen MR) is 52.7 cm³/mol. The van der Waals surface area contributed by atoms with Crippen molar-refractivity contribution in [3.05, 3.63) is 11.9 Å². The van der Waals surface area contributed by atoms with E-state index in [2.05, 4.69) is 20.1 Å². The van der Waals surface area contributed by atoms with Gasteiger partial charge in [0.2, 0.25) is 0 Å². The zero-order valence-electron chi connectivity index (χ0n) is 7.23. The van der Waals surface area contributed by atoms with Gasteiger partial charge in [0.05, 0.1) is 29.7 Å². The minimum atomic E-state index is 0.0760. The number of nitrogens with zero attached hydrogens (tertiary/aromatic N) is 2. The highest BCUT2D eigenvalue weighted by molar-refractivity contribution is 6.99. The Hall–Kier alpha value is -0.960. The van der Waals surface area contributed by atoms with E-state index in [0.29, 0.717) is 0 Å². The lowest BCUT2D eigenvalue weighted by Gasteiger charge is -2.11. The predicted octanol–water partition coefficient (Wildman–Crippen LogP) is 0.846. The summed E-state index contributed by atoms with van der Waals surface area (Å²) in [6.07, 6.45) is 9.49. The van der Waals surface area contributed by atoms with Gasteiger partial charge in [0.15, 0.2) is 0 Å². The molecule has 0 fully saturated rings. The number of terminal acetylenes is 1. The first-order valence-corrected chi connectivity index (χ1v) is 4.78. The second kappa shape index (κ2) is 5.65. The van der Waals surface area contributed by atoms with E-state index in [1.807, 2.05) is 0 Å². The Kier molecular flexibility index (Phi) is 4.40. The quantitative estimate of drug-likeness (QED) is 0.317. The van der Waals surface area contributed by atoms with Gasteiger partial charge in [-0.05, 0) is 12.8 Å². The number of nitrogens with two attached hydrogens (primary N) is 1. The SMILES string of the molecule is C#CCCCC(NN)c1cnsn1. The summed E-state index contributed by atoms with van der Waals surface area (Å²) in [4.78, 5) is 0. The van der Waals surface area contributed by atoms with Crippen molar-refractivity contribution in [1.29, 1.82) is 0 Å². The molecule has 1 aromatic rings. The van der Waals surface area contributed by atoms with E-state index in [9.17, 15) is 0 Å². The lowest BCUT2D eigenvalue weighted by molar-refractivity contribution is 0.494. The van der Waals surface area contributed by atoms with Gasteiger partial charge < -0.3 is 0 Å². The molecule has 0 aliphatic heterocycles. The highest BCUT2D eigenvalue weighted by Gasteiger charge is 2.11. The molecular weight excluding hydrogens is 184 g/mol. The normalized spacial score (nSPS) is 12.3. The number of hydrogen-bond donors (Lipinski definition) is 2. The van der Waals surface area contributed by atoms with Crippen molar-refractivity contribution >= 4 is 11.7 Å². The van der Waals surface area contributed by atoms with Crippen molar-refractivity contribution in [3.8, 4) is 12.3 Å². The van der Waals surface area contributed by atoms with Crippen molar-refractivity contribution in [3.63, 3.8) is 0 Å². The molecule has 0 bridgehead atoms. The molecule has 0 radical (unpaired) electrons. The molecule has 13 heavy (non-hydrogen) atoms. The molecule has 5 heteroatoms. The Labute approximate surface area is 81.8 Å². The van der Waals surface area contributed by atoms with E-state index in [4.69, 9.17) is 12.3 Å². The minimum Gasteiger partial charge on any atom is -0.271 e. The third-order valence-corrected chi connectivity index (χ3v) is 2.24. The third-order valence-electron chi connectivity index (χ3n) is 1.75. The molecule has 0 aliphatic rings. The largest absolute Gasteiger partial charge is 0.271 e. The van der Waals surface area contributed by atoms with Crippen LogP contribution >= 0.6 is 11.7 Å². The van der Waals surface area contributed by atoms with Gasteiger partial charge in [0.1, 0.15) is 0 Å². The Morgan fingerprint density at radius 3 is 3.15 bits per heavy atom. The van der Waals surface area contributed by atoms with E-state index < -0.39 is 0 Å². The van der Waals surface area contributed by atoms with Crippen LogP contribution in [0.15, 0.2) is 6.20 Å². The van der Waals surface area contributed by atoms with Crippen molar-refractivity contribution in [1.82, 2.24) is 14.2 Å². The Morgan fingerprint density at radius 2 is 2.62 bits per heavy atom. The topological polar surface area (TPSA) is 63.8 Å². The maximum Gasteiger partial charge on any atom is 0.0925 e. The van der Waals surface area contributed by atoms with E-state index in [1.54, 1.807) is 6.20 Å². The van der Waals surface area contributed by atoms with Gasteiger partial charge in [-0.3, -0.25) is 11.3 Å². The van der Waals surface area contributed by atoms with E-state index >= 15 is 0 Å². The van der Waals surface area contributed by atoms with E-state index in [-0.39, 0.29) is 6.04 Å². The fourth-order valence-electron chi connectivity index (χ4n) is 1.05. The summed E-state index contributed by atoms with van der Waals surface area (Å²) in [5.74, 6) is 7.97. The molecule has 3 N–H and O–H groups in total. The molecule has 1 rings (SSSR count). The van der Waals surface area contributed by atoms with Crippen molar-refractivity contribution in [2.75, 3.05) is 0 Å². The Bertz CT molecular complexity index is 264. The molecule has 0 saturated heterocycles. The summed E-state index contributed by atoms with van der Waals surface area (Å²) in [6, 6.07) is 0.0760. The van der Waals surface area contributed by atoms with Crippen LogP contribution in [0.1, 0.15) is 31.0 Å². The fraction of sp³-hybridized carbons (Fsp3) is 0.500. The van der Waals surface area contributed by atoms with Gasteiger partial charge in [-0.2, -0.15) is 8.75 Å². The number of hydrazine groups is 1. The molecule has 4 nitrogen and oxygen atoms in total. The minimum absolute atomic E-state index is 0.0760. The van der Waals surface area contributed by atoms with E-state index in [0.717, 1.165) is 25.0 Å². The van der Waals surface area contributed by atoms with Crippen molar-refractivity contribution in [2.45, 2.75) is 25.3 Å². The Balaban J connectivity index is 2.41. The van der Waals surface area contributed by atoms with Crippen LogP contribution in [0.2, 0.25) is 0 Å². The first-order chi connectivity index (χ1) is 6.38. The molecule has 1 unspecified atom stereocenters. The second-order valence-electron chi connectivity index (χ2n) is 2.65. The van der Waals surface area contributed by atoms with Crippen molar-refractivity contribution < 1.29 is 0 Å². The molecule has 0 saturated carbocycles. The summed E-state index contributed by atoms with van der Waals surface area (Å²) in [5.41, 5.74) is 3.59. The summed E-state index contributed by atoms with van der Waals surface area (Å²) in [5, 5.41) is 0. The lowest BCUT2D eigenvalue weighted by atomic mass is 10.1. The fourth-order valence-corrected chi connectivity index (χ4v) is 1.52. The first kappa shape index (κ1) is 10.1. The zero-order valence-corrected chi connectivity index (χ0v) is 8.05. The molecule has 70 valence electrons. The van der Waals surface area contributed by atoms with Crippen molar-refractivity contribution in [2.24, 2.45) is 5.84 Å². The smallest absolute Gasteiger partial charge is 0.0925 e. The van der Waals surface area contributed by atoms with Crippen LogP contribution in [0, 0.1) is 12.3 Å². The number of rotatable bonds is 5. The van der Waals surface area contributed by atoms with Gasteiger partial charge in [-0.25, -0.2) is 0 Å². The molecule has 0 aromatic carbocycles. The average Bonchev–Trinajstić information content (AvgIpc) is 2.65. The number of nitrogens with one attached hydrogen (secondary N) is 1. The van der Waals surface area contributed by atoms with E-state index in [1.165, 1.54) is 11.7 Å². The van der Waals surface area contributed by atoms with Gasteiger partial charge in [-0.1, -0.05) is 0 Å². The summed E-state index contributed by atoms with van der Waals surface area (Å²) < 4.78 is 8.02. The molecule has 1 aromatic heterocycles. The molecule has 1 heterocycles. The standard InChI is InChI=1S/C8H12N4S/c1-2-3-4-5-7(11-9)8-6-10-13-12-8/h1,6-7,11H,3-5,9H2. The maximum absolute atomic E-state index is 5.38. The average molecular weight is 196 g/mol. The molecule has 0 aliphatic carbocycles. The van der Waals surface area contributed by atoms with Crippen LogP contribution < -0.4 is 11.3 Å². The molecular formula is C8H12N4S. The van der Waals surface area contributed by atoms with Crippen LogP contribution in [0.25, 0.3) is 0 Å². The zero-order chi connectivity index (χ0) is 9.52. The molecule has 0 amide bonds. The molecule has 1 atom stereocenters. The van der Waals surface area contributed by atoms with Crippen LogP contribution in [0.4, 0.5) is 0 Å². The van der Waals surface area contributed by atoms with Gasteiger partial charge in [-0.15, -0.1) is 12.3 Å². The van der Waals surface area contributed by atoms with Gasteiger partial charge in [0.25, 0.3) is 0 Å². The number of hydrogen-bond acceptors (Lipinski definition) is 5. The van der Waals surface area contributed by atoms with Gasteiger partial charge >= 0.3 is 0 Å². The highest BCUT2D eigenvalue weighted by Crippen LogP contribution is 2.16. The van der Waals surface area contributed by atoms with Crippen LogP contribution in [0.5, 0.6) is 0 Å². The second-order valence-corrected chi connectivity index (χ2v) is 3.20. The van der Waals surface area contributed by atoms with Crippen LogP contribution in [-0.2, 0) is 0 Å². The summed E-state index contributed by atoms with van der Waals surface area (Å²) in [6.45, 7) is 0. The van der Waals surface area contributed by atoms with Gasteiger partial charge in [0, 0.05) is 6.42 Å². The van der Waals surface area contributed by atoms with Crippen LogP contribution in [0.3, 0.4) is 0 Å². The number of aromatic nitrogens is 2.